The molecule has 23 rings (SSSR count). The zero-order valence-corrected chi connectivity index (χ0v) is 79.4. The number of hydrogen-bond acceptors (Lipinski definition) is 36. The summed E-state index contributed by atoms with van der Waals surface area (Å²) in [6.07, 6.45) is -4.54. The molecule has 12 saturated heterocycles. The maximum atomic E-state index is 12.2. The van der Waals surface area contributed by atoms with Gasteiger partial charge in [0, 0.05) is 74.8 Å². The van der Waals surface area contributed by atoms with Crippen molar-refractivity contribution in [2.75, 3.05) is 42.7 Å². The maximum absolute atomic E-state index is 12.2. The second kappa shape index (κ2) is 37.6. The normalized spacial score (nSPS) is 38.6. The van der Waals surface area contributed by atoms with E-state index in [2.05, 4.69) is 0 Å². The fourth-order valence-corrected chi connectivity index (χ4v) is 19.8. The molecule has 28 atom stereocenters. The molecule has 5 spiro atoms. The molecule has 5 saturated carbocycles. The molecule has 12 heterocycles. The van der Waals surface area contributed by atoms with Crippen LogP contribution in [-0.2, 0) is 142 Å². The molecule has 6 aromatic carbocycles. The van der Waals surface area contributed by atoms with Gasteiger partial charge in [-0.1, -0.05) is 109 Å². The summed E-state index contributed by atoms with van der Waals surface area (Å²) < 4.78 is 171. The van der Waals surface area contributed by atoms with E-state index in [1.807, 2.05) is 119 Å². The lowest BCUT2D eigenvalue weighted by Crippen LogP contribution is -2.35. The first-order valence-corrected chi connectivity index (χ1v) is 45.9. The molecule has 6 aromatic rings. The average molecular weight is 1910 g/mol. The van der Waals surface area contributed by atoms with Crippen molar-refractivity contribution in [2.45, 2.75) is 319 Å². The Morgan fingerprint density at radius 3 is 0.635 bits per heavy atom. The summed E-state index contributed by atoms with van der Waals surface area (Å²) in [6, 6.07) is 53.3. The van der Waals surface area contributed by atoms with Crippen LogP contribution in [0.3, 0.4) is 0 Å². The third kappa shape index (κ3) is 19.8. The topological polar surface area (TPSA) is 379 Å². The summed E-state index contributed by atoms with van der Waals surface area (Å²) in [4.78, 5) is 73.1. The largest absolute Gasteiger partial charge is 0.460 e. The molecule has 738 valence electrons. The zero-order chi connectivity index (χ0) is 97.0. The van der Waals surface area contributed by atoms with Crippen LogP contribution in [0.5, 0.6) is 0 Å². The lowest BCUT2D eigenvalue weighted by molar-refractivity contribution is -0.236. The molecule has 0 amide bonds. The fourth-order valence-electron chi connectivity index (χ4n) is 19.8. The number of rotatable bonds is 18. The van der Waals surface area contributed by atoms with Crippen LogP contribution in [-0.4, -0.2) is 283 Å². The predicted molar refractivity (Wildman–Crippen MR) is 469 cm³/mol. The Balaban J connectivity index is 0.000000109. The van der Waals surface area contributed by atoms with E-state index in [-0.39, 0.29) is 128 Å². The predicted octanol–water partition coefficient (Wildman–Crippen LogP) is 11.6. The lowest BCUT2D eigenvalue weighted by Gasteiger charge is -2.23. The molecule has 12 aliphatic heterocycles. The summed E-state index contributed by atoms with van der Waals surface area (Å²) in [6.45, 7) is 22.2. The van der Waals surface area contributed by atoms with Gasteiger partial charge in [0.1, 0.15) is 126 Å². The van der Waals surface area contributed by atoms with E-state index < -0.39 is 113 Å². The Kier molecular flexibility index (Phi) is 26.9. The smallest absolute Gasteiger partial charge is 0.343 e. The SMILES string of the molecule is CO[C@@H]1OC(=COC(=O)c2ccccc2)C2OC(C)(C)O[C@@H]21.CO[C@@H]1OC2(CC2OC(=O)c2ccccc2)C2OC(C)(C)O[C@@H]21.CO[C@@H]1O[C@@]2(C[C@@H]2OC(=O)c2ccccc2)C2OC(C)(C)O[C@@H]21.CO[C@@H]1O[C@@]2(C[C@H]2OC(=O)c2ccccc2)C2OC(C)(C)O[C@@H]21.CO[C@@H]1O[C@]2(C[C@@H]2OC(=O)c2ccccc2)C2OC(C)(C)O[C@@H]21.CO[C@@H]1O[C@]2(C[C@H]2OC(=O)c2ccccc2)C2OC(C)(C)O[C@@H]21. The minimum atomic E-state index is -0.738. The minimum Gasteiger partial charge on any atom is -0.460 e. The number of esters is 6. The van der Waals surface area contributed by atoms with Crippen molar-refractivity contribution in [1.82, 2.24) is 0 Å². The number of ether oxygens (including phenoxy) is 30. The number of methoxy groups -OCH3 is 6. The summed E-state index contributed by atoms with van der Waals surface area (Å²) in [5.41, 5.74) is -0.235. The molecule has 137 heavy (non-hydrogen) atoms. The summed E-state index contributed by atoms with van der Waals surface area (Å²) in [5.74, 6) is -6.07. The molecular weight excluding hydrogens is 1790 g/mol. The Morgan fingerprint density at radius 1 is 0.241 bits per heavy atom. The van der Waals surface area contributed by atoms with Gasteiger partial charge in [-0.2, -0.15) is 0 Å². The Hall–Kier alpha value is -9.24. The molecule has 36 nitrogen and oxygen atoms in total. The van der Waals surface area contributed by atoms with Crippen molar-refractivity contribution in [3.63, 3.8) is 0 Å². The van der Waals surface area contributed by atoms with Gasteiger partial charge in [-0.25, -0.2) is 28.8 Å². The second-order valence-corrected chi connectivity index (χ2v) is 38.8. The first-order chi connectivity index (χ1) is 65.3. The van der Waals surface area contributed by atoms with Gasteiger partial charge in [0.25, 0.3) is 0 Å². The monoisotopic (exact) mass is 1910 g/mol. The Morgan fingerprint density at radius 2 is 0.431 bits per heavy atom. The molecule has 17 aliphatic rings. The number of carbonyl (C=O) groups excluding carboxylic acids is 6. The molecule has 0 N–H and O–H groups in total. The molecular formula is C101H118O36. The number of carbonyl (C=O) groups is 6. The van der Waals surface area contributed by atoms with E-state index in [0.717, 1.165) is 0 Å². The minimum absolute atomic E-state index is 0.295. The quantitative estimate of drug-likeness (QED) is 0.0438. The van der Waals surface area contributed by atoms with E-state index >= 15 is 0 Å². The van der Waals surface area contributed by atoms with Crippen molar-refractivity contribution in [3.8, 4) is 0 Å². The van der Waals surface area contributed by atoms with Crippen LogP contribution in [0.15, 0.2) is 194 Å². The van der Waals surface area contributed by atoms with Crippen LogP contribution >= 0.6 is 0 Å². The lowest BCUT2D eigenvalue weighted by atomic mass is 10.1. The summed E-state index contributed by atoms with van der Waals surface area (Å²) >= 11 is 0. The van der Waals surface area contributed by atoms with Crippen molar-refractivity contribution >= 4 is 35.8 Å². The molecule has 0 radical (unpaired) electrons. The highest BCUT2D eigenvalue weighted by Crippen LogP contribution is 2.63. The van der Waals surface area contributed by atoms with Crippen LogP contribution < -0.4 is 0 Å². The molecule has 0 aromatic heterocycles. The molecule has 36 heteroatoms. The van der Waals surface area contributed by atoms with Gasteiger partial charge >= 0.3 is 35.8 Å². The first kappa shape index (κ1) is 98.0. The van der Waals surface area contributed by atoms with Gasteiger partial charge in [-0.15, -0.1) is 0 Å². The van der Waals surface area contributed by atoms with E-state index in [9.17, 15) is 28.8 Å². The fraction of sp³-hybridized carbons (Fsp3) is 0.564. The van der Waals surface area contributed by atoms with Gasteiger partial charge in [-0.3, -0.25) is 0 Å². The highest BCUT2D eigenvalue weighted by molar-refractivity contribution is 5.92. The van der Waals surface area contributed by atoms with E-state index in [1.54, 1.807) is 181 Å². The summed E-state index contributed by atoms with van der Waals surface area (Å²) in [5, 5.41) is 0. The average Bonchev–Trinajstić information content (AvgIpc) is 1.54. The van der Waals surface area contributed by atoms with Crippen molar-refractivity contribution in [3.05, 3.63) is 227 Å². The maximum Gasteiger partial charge on any atom is 0.343 e. The number of hydrogen-bond donors (Lipinski definition) is 0. The van der Waals surface area contributed by atoms with Crippen LogP contribution in [0.1, 0.15) is 177 Å². The van der Waals surface area contributed by atoms with Crippen molar-refractivity contribution in [2.24, 2.45) is 0 Å². The molecule has 5 aliphatic carbocycles. The second-order valence-electron chi connectivity index (χ2n) is 38.8. The van der Waals surface area contributed by atoms with E-state index in [1.165, 1.54) is 13.4 Å². The van der Waals surface area contributed by atoms with Crippen LogP contribution in [0.25, 0.3) is 0 Å². The third-order valence-corrected chi connectivity index (χ3v) is 26.4. The molecule has 8 unspecified atom stereocenters. The molecule has 17 fully saturated rings. The first-order valence-electron chi connectivity index (χ1n) is 45.9. The van der Waals surface area contributed by atoms with Crippen LogP contribution in [0.4, 0.5) is 0 Å². The number of benzene rings is 6. The standard InChI is InChI=1S/5C17H20O6.C16H18O6/c5*1-16(2)21-12-13(22-16)17(23-15(12)19-3)9-11(17)20-14(18)10-7-5-4-6-8-10;1-16(2)21-12-11(20-15(18-3)13(12)22-16)9-19-14(17)10-7-5-4-6-8-10/h5*4-8,11-13,15H,9H2,1-3H3;4-9,12-13,15H,1-3H3/t11?,12-,13?,15+,17?;11-,12+,13?,15-,17+;11-,12+,13?,15-,17-;11-,12-,13?,15+,17+;11-,12-,13?,15+,17-;12?,13-,15+/m011000/s1. The highest BCUT2D eigenvalue weighted by atomic mass is 16.9. The Bertz CT molecular complexity index is 4710. The molecule has 0 bridgehead atoms. The van der Waals surface area contributed by atoms with Gasteiger partial charge < -0.3 is 142 Å². The third-order valence-electron chi connectivity index (χ3n) is 26.4. The van der Waals surface area contributed by atoms with Crippen molar-refractivity contribution in [1.29, 1.82) is 0 Å². The highest BCUT2D eigenvalue weighted by Gasteiger charge is 2.81. The van der Waals surface area contributed by atoms with Crippen LogP contribution in [0.2, 0.25) is 0 Å². The Labute approximate surface area is 792 Å². The van der Waals surface area contributed by atoms with Gasteiger partial charge in [-0.05, 0) is 156 Å². The summed E-state index contributed by atoms with van der Waals surface area (Å²) in [7, 11) is 9.38. The van der Waals surface area contributed by atoms with Gasteiger partial charge in [0.15, 0.2) is 84.1 Å². The van der Waals surface area contributed by atoms with E-state index in [4.69, 9.17) is 142 Å². The van der Waals surface area contributed by atoms with Crippen molar-refractivity contribution < 1.29 is 171 Å². The van der Waals surface area contributed by atoms with E-state index in [0.29, 0.717) is 71.2 Å². The zero-order valence-electron chi connectivity index (χ0n) is 79.4. The van der Waals surface area contributed by atoms with Gasteiger partial charge in [0.2, 0.25) is 6.29 Å². The van der Waals surface area contributed by atoms with Gasteiger partial charge in [0.05, 0.1) is 33.4 Å². The number of fused-ring (bicyclic) bond motifs is 11. The van der Waals surface area contributed by atoms with Crippen LogP contribution in [0, 0.1) is 0 Å².